The quantitative estimate of drug-likeness (QED) is 0.840. The van der Waals surface area contributed by atoms with Gasteiger partial charge < -0.3 is 5.32 Å². The molecule has 0 aromatic heterocycles. The summed E-state index contributed by atoms with van der Waals surface area (Å²) in [6.07, 6.45) is 1.53. The molecule has 0 saturated heterocycles. The van der Waals surface area contributed by atoms with E-state index in [1.54, 1.807) is 6.07 Å². The Labute approximate surface area is 144 Å². The number of alkyl halides is 3. The number of anilines is 1. The summed E-state index contributed by atoms with van der Waals surface area (Å²) in [5.41, 5.74) is -1.73. The predicted molar refractivity (Wildman–Crippen MR) is 85.4 cm³/mol. The first kappa shape index (κ1) is 16.4. The first-order valence-electron chi connectivity index (χ1n) is 8.72. The molecular formula is C19H19F3N2O. The lowest BCUT2D eigenvalue weighted by Gasteiger charge is -2.55. The normalized spacial score (nSPS) is 33.1. The molecule has 1 aromatic rings. The Morgan fingerprint density at radius 3 is 2.16 bits per heavy atom. The van der Waals surface area contributed by atoms with Crippen LogP contribution in [0.1, 0.15) is 49.7 Å². The summed E-state index contributed by atoms with van der Waals surface area (Å²) in [4.78, 5) is 12.9. The Morgan fingerprint density at radius 1 is 1.12 bits per heavy atom. The number of carbonyl (C=O) groups excluding carboxylic acids is 1. The topological polar surface area (TPSA) is 52.9 Å². The van der Waals surface area contributed by atoms with Crippen LogP contribution in [0.5, 0.6) is 0 Å². The molecule has 4 bridgehead atoms. The highest BCUT2D eigenvalue weighted by atomic mass is 19.4. The van der Waals surface area contributed by atoms with Crippen molar-refractivity contribution in [3.05, 3.63) is 29.3 Å². The fourth-order valence-corrected chi connectivity index (χ4v) is 5.61. The Hall–Kier alpha value is -2.03. The second-order valence-electron chi connectivity index (χ2n) is 8.02. The van der Waals surface area contributed by atoms with Crippen LogP contribution >= 0.6 is 0 Å². The third-order valence-electron chi connectivity index (χ3n) is 6.22. The van der Waals surface area contributed by atoms with Crippen LogP contribution in [-0.4, -0.2) is 5.91 Å². The van der Waals surface area contributed by atoms with Gasteiger partial charge in [0.25, 0.3) is 0 Å². The zero-order chi connectivity index (χ0) is 17.8. The molecule has 0 heterocycles. The molecule has 0 atom stereocenters. The van der Waals surface area contributed by atoms with Gasteiger partial charge in [-0.15, -0.1) is 0 Å². The molecule has 3 nitrogen and oxygen atoms in total. The van der Waals surface area contributed by atoms with Gasteiger partial charge in [0, 0.05) is 5.69 Å². The van der Waals surface area contributed by atoms with E-state index in [9.17, 15) is 18.0 Å². The summed E-state index contributed by atoms with van der Waals surface area (Å²) >= 11 is 0. The van der Waals surface area contributed by atoms with Crippen LogP contribution in [0.3, 0.4) is 0 Å². The Bertz CT molecular complexity index is 728. The number of carbonyl (C=O) groups is 1. The summed E-state index contributed by atoms with van der Waals surface area (Å²) in [6, 6.07) is 4.93. The van der Waals surface area contributed by atoms with Crippen LogP contribution < -0.4 is 5.32 Å². The summed E-state index contributed by atoms with van der Waals surface area (Å²) in [5, 5.41) is 11.6. The number of nitriles is 1. The fourth-order valence-electron chi connectivity index (χ4n) is 5.61. The fraction of sp³-hybridized carbons (Fsp3) is 0.579. The lowest BCUT2D eigenvalue weighted by Crippen LogP contribution is -2.51. The highest BCUT2D eigenvalue weighted by Gasteiger charge is 2.54. The van der Waals surface area contributed by atoms with Crippen LogP contribution in [0.25, 0.3) is 0 Å². The third kappa shape index (κ3) is 2.80. The van der Waals surface area contributed by atoms with Crippen molar-refractivity contribution in [1.82, 2.24) is 0 Å². The van der Waals surface area contributed by atoms with Gasteiger partial charge in [-0.3, -0.25) is 4.79 Å². The molecule has 4 aliphatic carbocycles. The van der Waals surface area contributed by atoms with Gasteiger partial charge in [0.1, 0.15) is 0 Å². The molecule has 4 saturated carbocycles. The number of hydrogen-bond acceptors (Lipinski definition) is 2. The zero-order valence-electron chi connectivity index (χ0n) is 13.7. The van der Waals surface area contributed by atoms with Gasteiger partial charge >= 0.3 is 6.18 Å². The van der Waals surface area contributed by atoms with Crippen LogP contribution in [0.15, 0.2) is 18.2 Å². The van der Waals surface area contributed by atoms with E-state index in [-0.39, 0.29) is 11.6 Å². The van der Waals surface area contributed by atoms with Crippen molar-refractivity contribution < 1.29 is 18.0 Å². The maximum Gasteiger partial charge on any atom is 0.417 e. The van der Waals surface area contributed by atoms with Gasteiger partial charge in [-0.25, -0.2) is 0 Å². The summed E-state index contributed by atoms with van der Waals surface area (Å²) in [7, 11) is 0. The molecule has 5 rings (SSSR count). The lowest BCUT2D eigenvalue weighted by atomic mass is 9.49. The van der Waals surface area contributed by atoms with E-state index in [0.717, 1.165) is 31.4 Å². The minimum Gasteiger partial charge on any atom is -0.326 e. The van der Waals surface area contributed by atoms with Crippen molar-refractivity contribution in [3.8, 4) is 6.07 Å². The summed E-state index contributed by atoms with van der Waals surface area (Å²) < 4.78 is 39.3. The Kier molecular flexibility index (Phi) is 3.61. The maximum atomic E-state index is 13.1. The predicted octanol–water partition coefficient (Wildman–Crippen LogP) is 4.73. The average Bonchev–Trinajstić information content (AvgIpc) is 2.52. The summed E-state index contributed by atoms with van der Waals surface area (Å²) in [6.45, 7) is 0. The number of hydrogen-bond donors (Lipinski definition) is 1. The summed E-state index contributed by atoms with van der Waals surface area (Å²) in [5.74, 6) is 1.61. The van der Waals surface area contributed by atoms with Gasteiger partial charge in [-0.2, -0.15) is 18.4 Å². The van der Waals surface area contributed by atoms with Crippen molar-refractivity contribution in [2.75, 3.05) is 5.32 Å². The van der Waals surface area contributed by atoms with Crippen LogP contribution in [0.4, 0.5) is 18.9 Å². The van der Waals surface area contributed by atoms with Gasteiger partial charge in [0.15, 0.2) is 0 Å². The molecule has 0 spiro atoms. The number of nitrogens with zero attached hydrogens (tertiary/aromatic N) is 1. The molecule has 1 aromatic carbocycles. The number of nitrogens with one attached hydrogen (secondary N) is 1. The van der Waals surface area contributed by atoms with E-state index in [4.69, 9.17) is 5.26 Å². The molecule has 25 heavy (non-hydrogen) atoms. The molecule has 0 radical (unpaired) electrons. The van der Waals surface area contributed by atoms with E-state index < -0.39 is 22.7 Å². The highest BCUT2D eigenvalue weighted by molar-refractivity contribution is 5.95. The second-order valence-corrected chi connectivity index (χ2v) is 8.02. The van der Waals surface area contributed by atoms with Crippen molar-refractivity contribution in [3.63, 3.8) is 0 Å². The molecule has 132 valence electrons. The van der Waals surface area contributed by atoms with Crippen molar-refractivity contribution in [1.29, 1.82) is 5.26 Å². The molecule has 1 N–H and O–H groups in total. The highest BCUT2D eigenvalue weighted by Crippen LogP contribution is 2.60. The van der Waals surface area contributed by atoms with Crippen molar-refractivity contribution >= 4 is 11.6 Å². The van der Waals surface area contributed by atoms with E-state index in [0.29, 0.717) is 17.8 Å². The molecule has 4 fully saturated rings. The molecule has 4 aliphatic rings. The van der Waals surface area contributed by atoms with Gasteiger partial charge in [0.05, 0.1) is 22.6 Å². The van der Waals surface area contributed by atoms with Crippen LogP contribution in [-0.2, 0) is 11.0 Å². The minimum atomic E-state index is -4.62. The Morgan fingerprint density at radius 2 is 1.68 bits per heavy atom. The van der Waals surface area contributed by atoms with Crippen LogP contribution in [0, 0.1) is 34.5 Å². The molecule has 0 aliphatic heterocycles. The minimum absolute atomic E-state index is 0.118. The van der Waals surface area contributed by atoms with E-state index in [1.165, 1.54) is 25.3 Å². The monoisotopic (exact) mass is 348 g/mol. The first-order valence-corrected chi connectivity index (χ1v) is 8.72. The zero-order valence-corrected chi connectivity index (χ0v) is 13.7. The van der Waals surface area contributed by atoms with Gasteiger partial charge in [-0.05, 0) is 74.5 Å². The number of halogens is 3. The largest absolute Gasteiger partial charge is 0.417 e. The van der Waals surface area contributed by atoms with Crippen molar-refractivity contribution in [2.45, 2.75) is 44.7 Å². The number of rotatable bonds is 2. The first-order chi connectivity index (χ1) is 11.8. The van der Waals surface area contributed by atoms with E-state index in [1.807, 2.05) is 0 Å². The number of benzene rings is 1. The van der Waals surface area contributed by atoms with Gasteiger partial charge in [0.2, 0.25) is 5.91 Å². The molecular weight excluding hydrogens is 329 g/mol. The van der Waals surface area contributed by atoms with E-state index >= 15 is 0 Å². The number of amides is 1. The smallest absolute Gasteiger partial charge is 0.326 e. The molecule has 0 unspecified atom stereocenters. The Balaban J connectivity index is 1.59. The second kappa shape index (κ2) is 5.48. The molecule has 1 amide bonds. The average molecular weight is 348 g/mol. The van der Waals surface area contributed by atoms with E-state index in [2.05, 4.69) is 5.32 Å². The van der Waals surface area contributed by atoms with Gasteiger partial charge in [-0.1, -0.05) is 0 Å². The maximum absolute atomic E-state index is 13.1. The SMILES string of the molecule is N#Cc1ccc(NC(=O)C23CC4CC(CC(C4)C2)C3)cc1C(F)(F)F. The van der Waals surface area contributed by atoms with Crippen molar-refractivity contribution in [2.24, 2.45) is 23.2 Å². The lowest BCUT2D eigenvalue weighted by molar-refractivity contribution is -0.140. The third-order valence-corrected chi connectivity index (χ3v) is 6.22. The molecule has 6 heteroatoms. The van der Waals surface area contributed by atoms with Crippen LogP contribution in [0.2, 0.25) is 0 Å². The standard InChI is InChI=1S/C19H19F3N2O/c20-19(21,22)16-6-15(2-1-14(16)10-23)24-17(25)18-7-11-3-12(8-18)5-13(4-11)9-18/h1-2,6,11-13H,3-5,7-9H2,(H,24,25).